The average Bonchev–Trinajstić information content (AvgIpc) is 3.48. The van der Waals surface area contributed by atoms with E-state index in [2.05, 4.69) is 45.9 Å². The molecule has 1 N–H and O–H groups in total. The molecule has 4 aromatic rings. The van der Waals surface area contributed by atoms with E-state index in [1.807, 2.05) is 18.2 Å². The Kier molecular flexibility index (Phi) is 5.75. The molecule has 6 nitrogen and oxygen atoms in total. The number of aliphatic hydroxyl groups is 1. The Balaban J connectivity index is 1.24. The highest BCUT2D eigenvalue weighted by molar-refractivity contribution is 5.77. The van der Waals surface area contributed by atoms with E-state index in [9.17, 15) is 5.11 Å². The maximum atomic E-state index is 9.35. The van der Waals surface area contributed by atoms with Crippen molar-refractivity contribution in [1.82, 2.24) is 19.5 Å². The van der Waals surface area contributed by atoms with E-state index < -0.39 is 0 Å². The summed E-state index contributed by atoms with van der Waals surface area (Å²) in [5.74, 6) is 2.75. The molecule has 34 heavy (non-hydrogen) atoms. The molecule has 1 fully saturated rings. The monoisotopic (exact) mass is 454 g/mol. The normalized spacial score (nSPS) is 22.1. The number of imidazole rings is 1. The number of rotatable bonds is 6. The summed E-state index contributed by atoms with van der Waals surface area (Å²) in [7, 11) is 0. The molecule has 174 valence electrons. The first-order valence-corrected chi connectivity index (χ1v) is 12.4. The fraction of sp³-hybridized carbons (Fsp3) is 0.393. The Morgan fingerprint density at radius 3 is 2.56 bits per heavy atom. The summed E-state index contributed by atoms with van der Waals surface area (Å²) in [6, 6.07) is 19.0. The molecule has 1 atom stereocenters. The van der Waals surface area contributed by atoms with Crippen molar-refractivity contribution in [2.45, 2.75) is 44.6 Å². The maximum Gasteiger partial charge on any atom is 0.213 e. The molecule has 3 aromatic heterocycles. The second-order valence-electron chi connectivity index (χ2n) is 9.67. The second-order valence-corrected chi connectivity index (χ2v) is 9.67. The van der Waals surface area contributed by atoms with E-state index >= 15 is 0 Å². The molecule has 0 bridgehead atoms. The van der Waals surface area contributed by atoms with Gasteiger partial charge in [-0.25, -0.2) is 15.0 Å². The van der Waals surface area contributed by atoms with Gasteiger partial charge in [-0.15, -0.1) is 0 Å². The van der Waals surface area contributed by atoms with Crippen LogP contribution in [0, 0.1) is 11.8 Å². The highest BCUT2D eigenvalue weighted by Crippen LogP contribution is 2.36. The minimum absolute atomic E-state index is 0.279. The van der Waals surface area contributed by atoms with Gasteiger partial charge in [0.1, 0.15) is 11.3 Å². The molecular weight excluding hydrogens is 424 g/mol. The van der Waals surface area contributed by atoms with Gasteiger partial charge in [-0.2, -0.15) is 0 Å². The molecular formula is C28H30N4O2. The standard InChI is InChI=1S/C28H30N4O2/c33-17-19-6-8-20(9-7-19)18-34-27-16-22(14-15-29-27)23-10-11-24-28(31-23)32-25(12-13-26(32)30-24)21-4-2-1-3-5-21/h1-5,10-11,14-16,19-20,25,33H,6-9,12-13,17-18H2/t19?,20?,25-/m1/s1. The number of aryl methyl sites for hydroxylation is 1. The lowest BCUT2D eigenvalue weighted by molar-refractivity contribution is 0.137. The number of fused-ring (bicyclic) bond motifs is 3. The van der Waals surface area contributed by atoms with Crippen molar-refractivity contribution in [3.63, 3.8) is 0 Å². The summed E-state index contributed by atoms with van der Waals surface area (Å²) in [5, 5.41) is 9.35. The number of ether oxygens (including phenoxy) is 1. The van der Waals surface area contributed by atoms with Gasteiger partial charge in [-0.3, -0.25) is 0 Å². The van der Waals surface area contributed by atoms with Crippen LogP contribution in [0.5, 0.6) is 5.88 Å². The van der Waals surface area contributed by atoms with Gasteiger partial charge in [0.05, 0.1) is 18.3 Å². The minimum Gasteiger partial charge on any atom is -0.477 e. The topological polar surface area (TPSA) is 73.1 Å². The molecule has 6 heteroatoms. The second kappa shape index (κ2) is 9.18. The fourth-order valence-corrected chi connectivity index (χ4v) is 5.50. The Morgan fingerprint density at radius 2 is 1.74 bits per heavy atom. The number of pyridine rings is 2. The summed E-state index contributed by atoms with van der Waals surface area (Å²) in [4.78, 5) is 14.4. The number of benzene rings is 1. The highest BCUT2D eigenvalue weighted by Gasteiger charge is 2.28. The lowest BCUT2D eigenvalue weighted by Crippen LogP contribution is -2.21. The molecule has 0 amide bonds. The van der Waals surface area contributed by atoms with Crippen LogP contribution in [0.2, 0.25) is 0 Å². The third-order valence-corrected chi connectivity index (χ3v) is 7.47. The van der Waals surface area contributed by atoms with Crippen LogP contribution < -0.4 is 4.74 Å². The maximum absolute atomic E-state index is 9.35. The zero-order valence-electron chi connectivity index (χ0n) is 19.3. The van der Waals surface area contributed by atoms with E-state index in [0.717, 1.165) is 66.8 Å². The van der Waals surface area contributed by atoms with Gasteiger partial charge < -0.3 is 14.4 Å². The van der Waals surface area contributed by atoms with Crippen LogP contribution in [0.25, 0.3) is 22.4 Å². The van der Waals surface area contributed by atoms with Crippen LogP contribution in [0.4, 0.5) is 0 Å². The average molecular weight is 455 g/mol. The molecule has 1 aromatic carbocycles. The number of hydrogen-bond acceptors (Lipinski definition) is 5. The molecule has 6 rings (SSSR count). The molecule has 1 aliphatic heterocycles. The molecule has 0 saturated heterocycles. The van der Waals surface area contributed by atoms with Crippen LogP contribution in [0.15, 0.2) is 60.8 Å². The van der Waals surface area contributed by atoms with Crippen LogP contribution in [0.1, 0.15) is 49.5 Å². The smallest absolute Gasteiger partial charge is 0.213 e. The van der Waals surface area contributed by atoms with Crippen molar-refractivity contribution in [3.8, 4) is 17.1 Å². The third kappa shape index (κ3) is 4.07. The van der Waals surface area contributed by atoms with Crippen molar-refractivity contribution in [1.29, 1.82) is 0 Å². The van der Waals surface area contributed by atoms with Gasteiger partial charge in [0.25, 0.3) is 0 Å². The summed E-state index contributed by atoms with van der Waals surface area (Å²) in [6.45, 7) is 0.983. The number of aliphatic hydroxyl groups excluding tert-OH is 1. The largest absolute Gasteiger partial charge is 0.477 e. The van der Waals surface area contributed by atoms with Gasteiger partial charge in [0, 0.05) is 30.9 Å². The van der Waals surface area contributed by atoms with Crippen molar-refractivity contribution < 1.29 is 9.84 Å². The first kappa shape index (κ1) is 21.3. The van der Waals surface area contributed by atoms with E-state index in [0.29, 0.717) is 30.9 Å². The lowest BCUT2D eigenvalue weighted by Gasteiger charge is -2.26. The van der Waals surface area contributed by atoms with Gasteiger partial charge in [-0.1, -0.05) is 30.3 Å². The molecule has 0 spiro atoms. The SMILES string of the molecule is OCC1CCC(COc2cc(-c3ccc4nc5n(c4n3)[C@@H](c3ccccc3)CC5)ccn2)CC1. The summed E-state index contributed by atoms with van der Waals surface area (Å²) < 4.78 is 8.39. The molecule has 1 aliphatic carbocycles. The number of hydrogen-bond donors (Lipinski definition) is 1. The molecule has 0 unspecified atom stereocenters. The van der Waals surface area contributed by atoms with E-state index in [1.54, 1.807) is 6.20 Å². The number of aromatic nitrogens is 4. The summed E-state index contributed by atoms with van der Waals surface area (Å²) in [5.41, 5.74) is 5.10. The van der Waals surface area contributed by atoms with Crippen molar-refractivity contribution in [3.05, 3.63) is 72.2 Å². The quantitative estimate of drug-likeness (QED) is 0.433. The summed E-state index contributed by atoms with van der Waals surface area (Å²) in [6.07, 6.45) is 8.21. The zero-order valence-corrected chi connectivity index (χ0v) is 19.3. The Hall–Kier alpha value is -3.25. The van der Waals surface area contributed by atoms with Crippen molar-refractivity contribution in [2.75, 3.05) is 13.2 Å². The fourth-order valence-electron chi connectivity index (χ4n) is 5.50. The van der Waals surface area contributed by atoms with Crippen molar-refractivity contribution in [2.24, 2.45) is 11.8 Å². The van der Waals surface area contributed by atoms with Crippen molar-refractivity contribution >= 4 is 11.2 Å². The van der Waals surface area contributed by atoms with Gasteiger partial charge in [0.15, 0.2) is 5.65 Å². The van der Waals surface area contributed by atoms with Crippen LogP contribution >= 0.6 is 0 Å². The van der Waals surface area contributed by atoms with E-state index in [-0.39, 0.29) is 6.04 Å². The Labute approximate surface area is 199 Å². The molecule has 2 aliphatic rings. The van der Waals surface area contributed by atoms with E-state index in [4.69, 9.17) is 14.7 Å². The Bertz CT molecular complexity index is 1280. The van der Waals surface area contributed by atoms with Gasteiger partial charge >= 0.3 is 0 Å². The molecule has 1 saturated carbocycles. The zero-order chi connectivity index (χ0) is 22.9. The Morgan fingerprint density at radius 1 is 0.912 bits per heavy atom. The minimum atomic E-state index is 0.279. The number of nitrogens with zero attached hydrogens (tertiary/aromatic N) is 4. The van der Waals surface area contributed by atoms with Crippen LogP contribution in [-0.4, -0.2) is 37.8 Å². The van der Waals surface area contributed by atoms with Gasteiger partial charge in [0.2, 0.25) is 5.88 Å². The predicted molar refractivity (Wildman–Crippen MR) is 132 cm³/mol. The molecule has 4 heterocycles. The lowest BCUT2D eigenvalue weighted by atomic mass is 9.83. The highest BCUT2D eigenvalue weighted by atomic mass is 16.5. The third-order valence-electron chi connectivity index (χ3n) is 7.47. The summed E-state index contributed by atoms with van der Waals surface area (Å²) >= 11 is 0. The van der Waals surface area contributed by atoms with Crippen LogP contribution in [-0.2, 0) is 6.42 Å². The first-order chi connectivity index (χ1) is 16.8. The predicted octanol–water partition coefficient (Wildman–Crippen LogP) is 5.21. The van der Waals surface area contributed by atoms with Gasteiger partial charge in [-0.05, 0) is 67.7 Å². The molecule has 0 radical (unpaired) electrons. The first-order valence-electron chi connectivity index (χ1n) is 12.4. The van der Waals surface area contributed by atoms with E-state index in [1.165, 1.54) is 5.56 Å². The van der Waals surface area contributed by atoms with Crippen LogP contribution in [0.3, 0.4) is 0 Å².